The molecule has 0 spiro atoms. The molecule has 0 amide bonds. The van der Waals surface area contributed by atoms with E-state index >= 15 is 0 Å². The summed E-state index contributed by atoms with van der Waals surface area (Å²) < 4.78 is 5.36. The van der Waals surface area contributed by atoms with Gasteiger partial charge >= 0.3 is 0 Å². The lowest BCUT2D eigenvalue weighted by molar-refractivity contribution is 0.103. The van der Waals surface area contributed by atoms with Gasteiger partial charge in [-0.05, 0) is 36.7 Å². The molecule has 0 aliphatic carbocycles. The molecule has 0 saturated carbocycles. The van der Waals surface area contributed by atoms with Gasteiger partial charge in [-0.2, -0.15) is 5.26 Å². The van der Waals surface area contributed by atoms with Crippen LogP contribution in [-0.2, 0) is 11.2 Å². The van der Waals surface area contributed by atoms with Gasteiger partial charge in [0.25, 0.3) is 0 Å². The van der Waals surface area contributed by atoms with Gasteiger partial charge in [0, 0.05) is 36.6 Å². The Labute approximate surface area is 177 Å². The van der Waals surface area contributed by atoms with Gasteiger partial charge in [-0.1, -0.05) is 11.3 Å². The SMILES string of the molecule is N#Cc1ccc(-c2ncc(CCN)cn2)c(C(=O)c2nnc(N3CCOCC3)s2)c1. The van der Waals surface area contributed by atoms with Crippen LogP contribution in [0.1, 0.15) is 26.5 Å². The lowest BCUT2D eigenvalue weighted by atomic mass is 10.00. The van der Waals surface area contributed by atoms with Gasteiger partial charge in [-0.15, -0.1) is 10.2 Å². The molecule has 0 bridgehead atoms. The molecule has 0 atom stereocenters. The van der Waals surface area contributed by atoms with Crippen LogP contribution < -0.4 is 10.6 Å². The lowest BCUT2D eigenvalue weighted by Gasteiger charge is -2.25. The summed E-state index contributed by atoms with van der Waals surface area (Å²) in [6.07, 6.45) is 4.07. The van der Waals surface area contributed by atoms with Crippen LogP contribution in [0, 0.1) is 11.3 Å². The third-order valence-corrected chi connectivity index (χ3v) is 5.65. The van der Waals surface area contributed by atoms with E-state index in [0.717, 1.165) is 5.56 Å². The van der Waals surface area contributed by atoms with E-state index < -0.39 is 0 Å². The summed E-state index contributed by atoms with van der Waals surface area (Å²) in [7, 11) is 0. The van der Waals surface area contributed by atoms with Crippen molar-refractivity contribution in [2.45, 2.75) is 6.42 Å². The zero-order valence-corrected chi connectivity index (χ0v) is 16.9. The number of nitrogens with zero attached hydrogens (tertiary/aromatic N) is 6. The highest BCUT2D eigenvalue weighted by Crippen LogP contribution is 2.28. The molecule has 30 heavy (non-hydrogen) atoms. The predicted octanol–water partition coefficient (Wildman–Crippen LogP) is 1.44. The molecule has 1 aliphatic rings. The molecule has 0 radical (unpaired) electrons. The molecule has 2 aromatic heterocycles. The molecule has 1 aliphatic heterocycles. The third-order valence-electron chi connectivity index (χ3n) is 4.66. The van der Waals surface area contributed by atoms with Crippen molar-refractivity contribution < 1.29 is 9.53 Å². The van der Waals surface area contributed by atoms with E-state index in [2.05, 4.69) is 26.2 Å². The zero-order chi connectivity index (χ0) is 20.9. The first kappa shape index (κ1) is 20.0. The fourth-order valence-electron chi connectivity index (χ4n) is 3.09. The highest BCUT2D eigenvalue weighted by atomic mass is 32.1. The number of benzene rings is 1. The lowest BCUT2D eigenvalue weighted by Crippen LogP contribution is -2.36. The number of hydrogen-bond donors (Lipinski definition) is 1. The van der Waals surface area contributed by atoms with E-state index in [1.807, 2.05) is 4.90 Å². The van der Waals surface area contributed by atoms with Gasteiger partial charge in [0.1, 0.15) is 0 Å². The van der Waals surface area contributed by atoms with Crippen LogP contribution in [-0.4, -0.2) is 58.8 Å². The van der Waals surface area contributed by atoms with Crippen molar-refractivity contribution in [3.05, 3.63) is 52.3 Å². The number of hydrogen-bond acceptors (Lipinski definition) is 10. The number of ether oxygens (including phenoxy) is 1. The topological polar surface area (TPSA) is 131 Å². The van der Waals surface area contributed by atoms with E-state index in [1.165, 1.54) is 11.3 Å². The van der Waals surface area contributed by atoms with Crippen molar-refractivity contribution in [1.82, 2.24) is 20.2 Å². The van der Waals surface area contributed by atoms with Gasteiger partial charge in [0.15, 0.2) is 10.8 Å². The number of carbonyl (C=O) groups is 1. The maximum absolute atomic E-state index is 13.3. The quantitative estimate of drug-likeness (QED) is 0.587. The molecule has 0 unspecified atom stereocenters. The fourth-order valence-corrected chi connectivity index (χ4v) is 3.94. The molecule has 1 saturated heterocycles. The highest BCUT2D eigenvalue weighted by Gasteiger charge is 2.23. The van der Waals surface area contributed by atoms with Crippen LogP contribution in [0.5, 0.6) is 0 Å². The van der Waals surface area contributed by atoms with Crippen molar-refractivity contribution >= 4 is 22.3 Å². The summed E-state index contributed by atoms with van der Waals surface area (Å²) in [5.74, 6) is 0.0928. The maximum Gasteiger partial charge on any atom is 0.224 e. The van der Waals surface area contributed by atoms with Crippen molar-refractivity contribution in [2.75, 3.05) is 37.7 Å². The monoisotopic (exact) mass is 421 g/mol. The molecule has 1 aromatic carbocycles. The van der Waals surface area contributed by atoms with Crippen LogP contribution in [0.4, 0.5) is 5.13 Å². The number of anilines is 1. The van der Waals surface area contributed by atoms with Crippen molar-refractivity contribution in [1.29, 1.82) is 5.26 Å². The molecule has 10 heteroatoms. The first-order valence-corrected chi connectivity index (χ1v) is 10.3. The summed E-state index contributed by atoms with van der Waals surface area (Å²) >= 11 is 1.23. The Morgan fingerprint density at radius 2 is 2.00 bits per heavy atom. The van der Waals surface area contributed by atoms with Crippen molar-refractivity contribution in [3.8, 4) is 17.5 Å². The number of nitriles is 1. The Morgan fingerprint density at radius 3 is 2.70 bits per heavy atom. The Bertz CT molecular complexity index is 1090. The molecular formula is C20H19N7O2S. The Balaban J connectivity index is 1.68. The van der Waals surface area contributed by atoms with Crippen LogP contribution >= 0.6 is 11.3 Å². The fraction of sp³-hybridized carbons (Fsp3) is 0.300. The molecule has 1 fully saturated rings. The highest BCUT2D eigenvalue weighted by molar-refractivity contribution is 7.17. The average molecular weight is 421 g/mol. The molecule has 4 rings (SSSR count). The van der Waals surface area contributed by atoms with E-state index in [9.17, 15) is 10.1 Å². The summed E-state index contributed by atoms with van der Waals surface area (Å²) in [6, 6.07) is 6.95. The molecule has 3 aromatic rings. The number of ketones is 1. The molecule has 152 valence electrons. The maximum atomic E-state index is 13.3. The second-order valence-electron chi connectivity index (χ2n) is 6.64. The average Bonchev–Trinajstić information content (AvgIpc) is 3.30. The largest absolute Gasteiger partial charge is 0.378 e. The number of nitrogens with two attached hydrogens (primary N) is 1. The second kappa shape index (κ2) is 9.04. The minimum absolute atomic E-state index is 0.257. The van der Waals surface area contributed by atoms with Gasteiger partial charge in [0.2, 0.25) is 10.9 Å². The van der Waals surface area contributed by atoms with Crippen LogP contribution in [0.15, 0.2) is 30.6 Å². The summed E-state index contributed by atoms with van der Waals surface area (Å²) in [5.41, 5.74) is 7.73. The van der Waals surface area contributed by atoms with E-state index in [4.69, 9.17) is 10.5 Å². The third kappa shape index (κ3) is 4.18. The Morgan fingerprint density at radius 1 is 1.23 bits per heavy atom. The number of carbonyl (C=O) groups excluding carboxylic acids is 1. The van der Waals surface area contributed by atoms with Crippen molar-refractivity contribution in [2.24, 2.45) is 5.73 Å². The molecule has 3 heterocycles. The molecule has 9 nitrogen and oxygen atoms in total. The van der Waals surface area contributed by atoms with E-state index in [0.29, 0.717) is 66.9 Å². The standard InChI is InChI=1S/C20H19N7O2S/c21-4-3-14-11-23-18(24-12-14)15-2-1-13(10-22)9-16(15)17(28)19-25-26-20(30-19)27-5-7-29-8-6-27/h1-2,9,11-12H,3-8,21H2. The van der Waals surface area contributed by atoms with Gasteiger partial charge in [-0.3, -0.25) is 4.79 Å². The number of aromatic nitrogens is 4. The van der Waals surface area contributed by atoms with Crippen LogP contribution in [0.2, 0.25) is 0 Å². The van der Waals surface area contributed by atoms with Gasteiger partial charge in [-0.25, -0.2) is 9.97 Å². The molecular weight excluding hydrogens is 402 g/mol. The predicted molar refractivity (Wildman–Crippen MR) is 111 cm³/mol. The summed E-state index contributed by atoms with van der Waals surface area (Å²) in [4.78, 5) is 24.1. The summed E-state index contributed by atoms with van der Waals surface area (Å²) in [5, 5.41) is 18.5. The van der Waals surface area contributed by atoms with E-state index in [-0.39, 0.29) is 10.8 Å². The molecule has 2 N–H and O–H groups in total. The Kier molecular flexibility index (Phi) is 6.04. The zero-order valence-electron chi connectivity index (χ0n) is 16.1. The first-order valence-electron chi connectivity index (χ1n) is 9.46. The number of morpholine rings is 1. The van der Waals surface area contributed by atoms with E-state index in [1.54, 1.807) is 30.6 Å². The van der Waals surface area contributed by atoms with Crippen LogP contribution in [0.25, 0.3) is 11.4 Å². The second-order valence-corrected chi connectivity index (χ2v) is 7.60. The minimum Gasteiger partial charge on any atom is -0.378 e. The number of rotatable bonds is 6. The van der Waals surface area contributed by atoms with Crippen LogP contribution in [0.3, 0.4) is 0 Å². The Hall–Kier alpha value is -3.26. The minimum atomic E-state index is -0.311. The van der Waals surface area contributed by atoms with Crippen molar-refractivity contribution in [3.63, 3.8) is 0 Å². The van der Waals surface area contributed by atoms with Gasteiger partial charge < -0.3 is 15.4 Å². The first-order chi connectivity index (χ1) is 14.7. The van der Waals surface area contributed by atoms with Gasteiger partial charge in [0.05, 0.1) is 24.8 Å². The summed E-state index contributed by atoms with van der Waals surface area (Å²) in [6.45, 7) is 3.16. The smallest absolute Gasteiger partial charge is 0.224 e. The normalized spacial score (nSPS) is 13.8.